The monoisotopic (exact) mass is 503 g/mol. The van der Waals surface area contributed by atoms with Gasteiger partial charge in [-0.05, 0) is 48.7 Å². The van der Waals surface area contributed by atoms with Gasteiger partial charge in [0, 0.05) is 36.1 Å². The molecule has 6 nitrogen and oxygen atoms in total. The van der Waals surface area contributed by atoms with Gasteiger partial charge in [0.2, 0.25) is 0 Å². The molecule has 0 amide bonds. The maximum absolute atomic E-state index is 12.9. The van der Waals surface area contributed by atoms with Crippen molar-refractivity contribution in [1.29, 1.82) is 0 Å². The van der Waals surface area contributed by atoms with Crippen molar-refractivity contribution in [3.05, 3.63) is 84.2 Å². The second kappa shape index (κ2) is 8.83. The topological polar surface area (TPSA) is 62.7 Å². The first-order valence-electron chi connectivity index (χ1n) is 11.2. The van der Waals surface area contributed by atoms with Gasteiger partial charge in [-0.3, -0.25) is 9.88 Å². The lowest BCUT2D eigenvalue weighted by Gasteiger charge is -2.24. The normalized spacial score (nSPS) is 17.6. The number of nitrogens with zero attached hydrogens (tertiary/aromatic N) is 3. The van der Waals surface area contributed by atoms with Gasteiger partial charge in [0.05, 0.1) is 17.8 Å². The van der Waals surface area contributed by atoms with Crippen molar-refractivity contribution in [3.8, 4) is 5.75 Å². The Kier molecular flexibility index (Phi) is 5.96. The van der Waals surface area contributed by atoms with Gasteiger partial charge in [-0.2, -0.15) is 13.2 Å². The van der Waals surface area contributed by atoms with Crippen LogP contribution in [0.15, 0.2) is 78.0 Å². The van der Waals surface area contributed by atoms with E-state index in [0.717, 1.165) is 42.6 Å². The van der Waals surface area contributed by atoms with Crippen LogP contribution in [-0.2, 0) is 23.0 Å². The van der Waals surface area contributed by atoms with Crippen molar-refractivity contribution < 1.29 is 26.3 Å². The maximum Gasteiger partial charge on any atom is 0.501 e. The molecule has 2 aliphatic rings. The molecular weight excluding hydrogens is 479 g/mol. The Morgan fingerprint density at radius 3 is 2.37 bits per heavy atom. The van der Waals surface area contributed by atoms with Gasteiger partial charge in [0.25, 0.3) is 9.84 Å². The number of halogens is 3. The summed E-state index contributed by atoms with van der Waals surface area (Å²) in [6.07, 6.45) is 5.49. The molecule has 2 heterocycles. The summed E-state index contributed by atoms with van der Waals surface area (Å²) in [5, 5.41) is 0. The van der Waals surface area contributed by atoms with E-state index in [-0.39, 0.29) is 5.54 Å². The lowest BCUT2D eigenvalue weighted by Crippen LogP contribution is -2.32. The Morgan fingerprint density at radius 1 is 1.00 bits per heavy atom. The Morgan fingerprint density at radius 2 is 1.71 bits per heavy atom. The molecule has 0 atom stereocenters. The lowest BCUT2D eigenvalue weighted by atomic mass is 10.2. The standard InChI is InChI=1S/C25H24F3N3O3S/c26-25(27,28)35(32,33)22-8-6-21(7-9-22)30-17-24(11-12-24)31(18-30)15-20-10-13-29-14-23(20)34-16-19-4-2-1-3-5-19/h1-10,13-14H,11-12,15-18H2. The smallest absolute Gasteiger partial charge is 0.487 e. The van der Waals surface area contributed by atoms with Crippen LogP contribution in [-0.4, -0.2) is 42.6 Å². The van der Waals surface area contributed by atoms with Crippen molar-refractivity contribution in [1.82, 2.24) is 9.88 Å². The molecule has 5 rings (SSSR count). The Balaban J connectivity index is 1.30. The Labute approximate surface area is 201 Å². The predicted octanol–water partition coefficient (Wildman–Crippen LogP) is 4.77. The molecule has 1 saturated heterocycles. The minimum absolute atomic E-state index is 0.00329. The van der Waals surface area contributed by atoms with E-state index >= 15 is 0 Å². The molecule has 35 heavy (non-hydrogen) atoms. The zero-order valence-electron chi connectivity index (χ0n) is 18.8. The molecule has 2 fully saturated rings. The third-order valence-corrected chi connectivity index (χ3v) is 8.11. The van der Waals surface area contributed by atoms with E-state index in [1.165, 1.54) is 12.1 Å². The minimum Gasteiger partial charge on any atom is -0.487 e. The average Bonchev–Trinajstić information content (AvgIpc) is 3.54. The van der Waals surface area contributed by atoms with Crippen molar-refractivity contribution >= 4 is 15.5 Å². The van der Waals surface area contributed by atoms with Gasteiger partial charge in [0.15, 0.2) is 0 Å². The first kappa shape index (κ1) is 23.6. The average molecular weight is 504 g/mol. The molecular formula is C25H24F3N3O3S. The molecule has 1 saturated carbocycles. The van der Waals surface area contributed by atoms with Crippen LogP contribution in [0.5, 0.6) is 5.75 Å². The van der Waals surface area contributed by atoms with Crippen LogP contribution in [0.1, 0.15) is 24.0 Å². The van der Waals surface area contributed by atoms with Gasteiger partial charge in [-0.15, -0.1) is 0 Å². The zero-order valence-corrected chi connectivity index (χ0v) is 19.6. The van der Waals surface area contributed by atoms with Crippen LogP contribution in [0.25, 0.3) is 0 Å². The number of benzene rings is 2. The van der Waals surface area contributed by atoms with Crippen molar-refractivity contribution in [2.45, 2.75) is 41.9 Å². The van der Waals surface area contributed by atoms with Crippen LogP contribution in [0.4, 0.5) is 18.9 Å². The van der Waals surface area contributed by atoms with Gasteiger partial charge < -0.3 is 9.64 Å². The number of aromatic nitrogens is 1. The van der Waals surface area contributed by atoms with Gasteiger partial charge in [0.1, 0.15) is 12.4 Å². The van der Waals surface area contributed by atoms with Crippen molar-refractivity contribution in [3.63, 3.8) is 0 Å². The highest BCUT2D eigenvalue weighted by atomic mass is 32.2. The Hall–Kier alpha value is -3.11. The number of pyridine rings is 1. The molecule has 2 aromatic carbocycles. The molecule has 3 aromatic rings. The molecule has 0 N–H and O–H groups in total. The molecule has 1 aliphatic carbocycles. The second-order valence-corrected chi connectivity index (χ2v) is 10.9. The number of rotatable bonds is 7. The van der Waals surface area contributed by atoms with Gasteiger partial charge >= 0.3 is 5.51 Å². The zero-order chi connectivity index (χ0) is 24.7. The van der Waals surface area contributed by atoms with Gasteiger partial charge in [-0.1, -0.05) is 30.3 Å². The largest absolute Gasteiger partial charge is 0.501 e. The molecule has 10 heteroatoms. The molecule has 0 unspecified atom stereocenters. The number of ether oxygens (including phenoxy) is 1. The van der Waals surface area contributed by atoms with E-state index < -0.39 is 20.2 Å². The molecule has 184 valence electrons. The summed E-state index contributed by atoms with van der Waals surface area (Å²) in [6, 6.07) is 16.8. The maximum atomic E-state index is 12.9. The van der Waals surface area contributed by atoms with E-state index in [0.29, 0.717) is 31.3 Å². The number of hydrogen-bond donors (Lipinski definition) is 0. The quantitative estimate of drug-likeness (QED) is 0.463. The Bertz CT molecular complexity index is 1290. The van der Waals surface area contributed by atoms with Crippen LogP contribution >= 0.6 is 0 Å². The number of sulfone groups is 1. The van der Waals surface area contributed by atoms with Crippen LogP contribution in [0.2, 0.25) is 0 Å². The number of alkyl halides is 3. The van der Waals surface area contributed by atoms with Gasteiger partial charge in [-0.25, -0.2) is 8.42 Å². The summed E-state index contributed by atoms with van der Waals surface area (Å²) in [5.74, 6) is 0.715. The summed E-state index contributed by atoms with van der Waals surface area (Å²) in [5.41, 5.74) is -2.56. The van der Waals surface area contributed by atoms with Crippen LogP contribution in [0.3, 0.4) is 0 Å². The summed E-state index contributed by atoms with van der Waals surface area (Å²) in [7, 11) is -5.36. The highest BCUT2D eigenvalue weighted by Gasteiger charge is 2.53. The highest BCUT2D eigenvalue weighted by Crippen LogP contribution is 2.48. The van der Waals surface area contributed by atoms with E-state index in [9.17, 15) is 21.6 Å². The summed E-state index contributed by atoms with van der Waals surface area (Å²) in [4.78, 5) is 7.88. The van der Waals surface area contributed by atoms with Crippen molar-refractivity contribution in [2.75, 3.05) is 18.1 Å². The van der Waals surface area contributed by atoms with Crippen LogP contribution in [0, 0.1) is 0 Å². The molecule has 1 aliphatic heterocycles. The fourth-order valence-corrected chi connectivity index (χ4v) is 5.21. The summed E-state index contributed by atoms with van der Waals surface area (Å²) >= 11 is 0. The third-order valence-electron chi connectivity index (χ3n) is 6.61. The highest BCUT2D eigenvalue weighted by molar-refractivity contribution is 7.92. The number of anilines is 1. The molecule has 0 bridgehead atoms. The summed E-state index contributed by atoms with van der Waals surface area (Å²) in [6.45, 7) is 2.38. The van der Waals surface area contributed by atoms with E-state index in [1.807, 2.05) is 36.4 Å². The van der Waals surface area contributed by atoms with E-state index in [2.05, 4.69) is 14.8 Å². The third kappa shape index (κ3) is 4.72. The first-order valence-corrected chi connectivity index (χ1v) is 12.7. The minimum atomic E-state index is -5.36. The summed E-state index contributed by atoms with van der Waals surface area (Å²) < 4.78 is 67.9. The fraction of sp³-hybridized carbons (Fsp3) is 0.320. The SMILES string of the molecule is O=S(=O)(c1ccc(N2CN(Cc3ccncc3OCc3ccccc3)C3(CC3)C2)cc1)C(F)(F)F. The molecule has 0 radical (unpaired) electrons. The first-order chi connectivity index (χ1) is 16.7. The predicted molar refractivity (Wildman–Crippen MR) is 124 cm³/mol. The lowest BCUT2D eigenvalue weighted by molar-refractivity contribution is -0.0436. The van der Waals surface area contributed by atoms with E-state index in [4.69, 9.17) is 4.74 Å². The van der Waals surface area contributed by atoms with Crippen molar-refractivity contribution in [2.24, 2.45) is 0 Å². The number of hydrogen-bond acceptors (Lipinski definition) is 6. The van der Waals surface area contributed by atoms with E-state index in [1.54, 1.807) is 12.4 Å². The van der Waals surface area contributed by atoms with Crippen LogP contribution < -0.4 is 9.64 Å². The molecule has 1 spiro atoms. The fourth-order valence-electron chi connectivity index (χ4n) is 4.45. The second-order valence-electron chi connectivity index (χ2n) is 8.96. The molecule has 1 aromatic heterocycles.